The summed E-state index contributed by atoms with van der Waals surface area (Å²) in [6.07, 6.45) is 4.62. The van der Waals surface area contributed by atoms with E-state index in [0.29, 0.717) is 28.3 Å². The molecule has 19 heavy (non-hydrogen) atoms. The zero-order chi connectivity index (χ0) is 13.6. The second-order valence-electron chi connectivity index (χ2n) is 5.95. The fourth-order valence-electron chi connectivity index (χ4n) is 4.00. The fraction of sp³-hybridized carbons (Fsp3) is 0.533. The van der Waals surface area contributed by atoms with Gasteiger partial charge < -0.3 is 5.11 Å². The minimum Gasteiger partial charge on any atom is -0.481 e. The summed E-state index contributed by atoms with van der Waals surface area (Å²) in [4.78, 5) is 11.8. The van der Waals surface area contributed by atoms with Gasteiger partial charge in [-0.1, -0.05) is 35.7 Å². The van der Waals surface area contributed by atoms with E-state index in [2.05, 4.69) is 0 Å². The number of hydrogen-bond acceptors (Lipinski definition) is 1. The molecule has 2 nitrogen and oxygen atoms in total. The van der Waals surface area contributed by atoms with Crippen LogP contribution in [0.2, 0.25) is 10.0 Å². The van der Waals surface area contributed by atoms with Crippen LogP contribution < -0.4 is 0 Å². The van der Waals surface area contributed by atoms with Gasteiger partial charge in [0.05, 0.1) is 5.41 Å². The van der Waals surface area contributed by atoms with Crippen molar-refractivity contribution in [3.63, 3.8) is 0 Å². The first-order valence-electron chi connectivity index (χ1n) is 6.68. The Labute approximate surface area is 122 Å². The van der Waals surface area contributed by atoms with E-state index in [0.717, 1.165) is 24.8 Å². The summed E-state index contributed by atoms with van der Waals surface area (Å²) < 4.78 is 0. The Morgan fingerprint density at radius 3 is 2.68 bits per heavy atom. The van der Waals surface area contributed by atoms with Crippen LogP contribution in [0.5, 0.6) is 0 Å². The van der Waals surface area contributed by atoms with Crippen molar-refractivity contribution >= 4 is 29.2 Å². The first-order chi connectivity index (χ1) is 9.01. The highest BCUT2D eigenvalue weighted by Gasteiger charge is 2.55. The van der Waals surface area contributed by atoms with Crippen LogP contribution in [-0.4, -0.2) is 11.1 Å². The normalized spacial score (nSPS) is 32.7. The van der Waals surface area contributed by atoms with Crippen molar-refractivity contribution in [2.24, 2.45) is 17.3 Å². The van der Waals surface area contributed by atoms with Crippen LogP contribution in [0.4, 0.5) is 0 Å². The van der Waals surface area contributed by atoms with E-state index < -0.39 is 11.4 Å². The number of benzene rings is 1. The third-order valence-corrected chi connectivity index (χ3v) is 5.51. The molecule has 4 heteroatoms. The SMILES string of the molecule is O=C(O)C1(Cc2ccc(Cl)cc2Cl)CC2CCC1C2. The van der Waals surface area contributed by atoms with Crippen molar-refractivity contribution in [2.75, 3.05) is 0 Å². The summed E-state index contributed by atoms with van der Waals surface area (Å²) >= 11 is 12.1. The van der Waals surface area contributed by atoms with Crippen LogP contribution in [0.1, 0.15) is 31.2 Å². The molecule has 0 aliphatic heterocycles. The second kappa shape index (κ2) is 4.68. The highest BCUT2D eigenvalue weighted by atomic mass is 35.5. The van der Waals surface area contributed by atoms with Crippen molar-refractivity contribution in [1.29, 1.82) is 0 Å². The number of hydrogen-bond donors (Lipinski definition) is 1. The van der Waals surface area contributed by atoms with E-state index in [4.69, 9.17) is 23.2 Å². The van der Waals surface area contributed by atoms with E-state index in [1.807, 2.05) is 6.07 Å². The molecule has 0 radical (unpaired) electrons. The topological polar surface area (TPSA) is 37.3 Å². The van der Waals surface area contributed by atoms with Gasteiger partial charge in [-0.15, -0.1) is 0 Å². The average Bonchev–Trinajstić information content (AvgIpc) is 2.93. The predicted molar refractivity (Wildman–Crippen MR) is 75.7 cm³/mol. The molecule has 102 valence electrons. The van der Waals surface area contributed by atoms with Crippen LogP contribution in [0.25, 0.3) is 0 Å². The van der Waals surface area contributed by atoms with Gasteiger partial charge in [0, 0.05) is 10.0 Å². The monoisotopic (exact) mass is 298 g/mol. The number of fused-ring (bicyclic) bond motifs is 2. The maximum absolute atomic E-state index is 11.8. The highest BCUT2D eigenvalue weighted by molar-refractivity contribution is 6.35. The van der Waals surface area contributed by atoms with Crippen LogP contribution in [0.3, 0.4) is 0 Å². The molecule has 2 fully saturated rings. The standard InChI is InChI=1S/C15H16Cl2O2/c16-12-4-2-10(13(17)6-12)8-15(14(18)19)7-9-1-3-11(15)5-9/h2,4,6,9,11H,1,3,5,7-8H2,(H,18,19). The molecule has 0 spiro atoms. The largest absolute Gasteiger partial charge is 0.481 e. The zero-order valence-electron chi connectivity index (χ0n) is 10.5. The zero-order valence-corrected chi connectivity index (χ0v) is 12.0. The van der Waals surface area contributed by atoms with E-state index in [1.165, 1.54) is 6.42 Å². The Morgan fingerprint density at radius 1 is 1.37 bits per heavy atom. The lowest BCUT2D eigenvalue weighted by Crippen LogP contribution is -2.38. The van der Waals surface area contributed by atoms with E-state index in [-0.39, 0.29) is 0 Å². The first-order valence-corrected chi connectivity index (χ1v) is 7.44. The van der Waals surface area contributed by atoms with Gasteiger partial charge in [0.15, 0.2) is 0 Å². The summed E-state index contributed by atoms with van der Waals surface area (Å²) in [5.41, 5.74) is 0.293. The molecule has 1 aromatic carbocycles. The summed E-state index contributed by atoms with van der Waals surface area (Å²) in [5, 5.41) is 10.9. The second-order valence-corrected chi connectivity index (χ2v) is 6.80. The maximum Gasteiger partial charge on any atom is 0.310 e. The van der Waals surface area contributed by atoms with Gasteiger partial charge >= 0.3 is 5.97 Å². The van der Waals surface area contributed by atoms with Gasteiger partial charge in [-0.3, -0.25) is 4.79 Å². The first kappa shape index (κ1) is 13.3. The number of carboxylic acid groups (broad SMARTS) is 1. The quantitative estimate of drug-likeness (QED) is 0.896. The van der Waals surface area contributed by atoms with Crippen molar-refractivity contribution in [1.82, 2.24) is 0 Å². The molecule has 0 amide bonds. The molecule has 3 atom stereocenters. The lowest BCUT2D eigenvalue weighted by Gasteiger charge is -2.34. The minimum absolute atomic E-state index is 0.307. The number of halogens is 2. The van der Waals surface area contributed by atoms with Gasteiger partial charge in [0.2, 0.25) is 0 Å². The Hall–Kier alpha value is -0.730. The van der Waals surface area contributed by atoms with Gasteiger partial charge in [-0.05, 0) is 55.2 Å². The van der Waals surface area contributed by atoms with Gasteiger partial charge in [-0.2, -0.15) is 0 Å². The molecule has 3 rings (SSSR count). The predicted octanol–water partition coefficient (Wildman–Crippen LogP) is 4.43. The van der Waals surface area contributed by atoms with Crippen molar-refractivity contribution in [3.8, 4) is 0 Å². The highest BCUT2D eigenvalue weighted by Crippen LogP contribution is 2.57. The molecule has 0 aromatic heterocycles. The summed E-state index contributed by atoms with van der Waals surface area (Å²) in [6.45, 7) is 0. The summed E-state index contributed by atoms with van der Waals surface area (Å²) in [6, 6.07) is 5.34. The third kappa shape index (κ3) is 2.15. The summed E-state index contributed by atoms with van der Waals surface area (Å²) in [5.74, 6) is 0.236. The van der Waals surface area contributed by atoms with Crippen LogP contribution in [-0.2, 0) is 11.2 Å². The summed E-state index contributed by atoms with van der Waals surface area (Å²) in [7, 11) is 0. The smallest absolute Gasteiger partial charge is 0.310 e. The molecule has 2 saturated carbocycles. The van der Waals surface area contributed by atoms with E-state index in [1.54, 1.807) is 12.1 Å². The maximum atomic E-state index is 11.8. The molecule has 1 N–H and O–H groups in total. The van der Waals surface area contributed by atoms with Gasteiger partial charge in [-0.25, -0.2) is 0 Å². The molecule has 2 bridgehead atoms. The van der Waals surface area contributed by atoms with Crippen LogP contribution in [0, 0.1) is 17.3 Å². The third-order valence-electron chi connectivity index (χ3n) is 4.92. The lowest BCUT2D eigenvalue weighted by molar-refractivity contribution is -0.152. The molecular weight excluding hydrogens is 283 g/mol. The number of carboxylic acids is 1. The number of carbonyl (C=O) groups is 1. The van der Waals surface area contributed by atoms with Crippen LogP contribution in [0.15, 0.2) is 18.2 Å². The minimum atomic E-state index is -0.661. The fourth-order valence-corrected chi connectivity index (χ4v) is 4.48. The Balaban J connectivity index is 1.93. The van der Waals surface area contributed by atoms with Crippen molar-refractivity contribution in [3.05, 3.63) is 33.8 Å². The molecule has 3 unspecified atom stereocenters. The van der Waals surface area contributed by atoms with Gasteiger partial charge in [0.1, 0.15) is 0 Å². The van der Waals surface area contributed by atoms with Crippen LogP contribution >= 0.6 is 23.2 Å². The Morgan fingerprint density at radius 2 is 2.16 bits per heavy atom. The Bertz CT molecular complexity index is 529. The van der Waals surface area contributed by atoms with Crippen molar-refractivity contribution in [2.45, 2.75) is 32.1 Å². The average molecular weight is 299 g/mol. The number of rotatable bonds is 3. The Kier molecular flexibility index (Phi) is 3.26. The molecule has 0 saturated heterocycles. The van der Waals surface area contributed by atoms with E-state index >= 15 is 0 Å². The lowest BCUT2D eigenvalue weighted by atomic mass is 9.69. The molecular formula is C15H16Cl2O2. The molecule has 1 aromatic rings. The number of aliphatic carboxylic acids is 1. The molecule has 2 aliphatic carbocycles. The molecule has 2 aliphatic rings. The van der Waals surface area contributed by atoms with Gasteiger partial charge in [0.25, 0.3) is 0 Å². The van der Waals surface area contributed by atoms with E-state index in [9.17, 15) is 9.90 Å². The van der Waals surface area contributed by atoms with Crippen molar-refractivity contribution < 1.29 is 9.90 Å². The molecule has 0 heterocycles.